The van der Waals surface area contributed by atoms with E-state index in [1.807, 2.05) is 6.92 Å². The van der Waals surface area contributed by atoms with Gasteiger partial charge in [-0.3, -0.25) is 15.2 Å². The lowest BCUT2D eigenvalue weighted by Gasteiger charge is -2.09. The van der Waals surface area contributed by atoms with Crippen LogP contribution in [0.4, 0.5) is 0 Å². The Labute approximate surface area is 109 Å². The summed E-state index contributed by atoms with van der Waals surface area (Å²) in [7, 11) is 1.65. The summed E-state index contributed by atoms with van der Waals surface area (Å²) in [4.78, 5) is 15.5. The van der Waals surface area contributed by atoms with Crippen LogP contribution in [-0.2, 0) is 9.53 Å². The van der Waals surface area contributed by atoms with E-state index in [9.17, 15) is 4.79 Å². The van der Waals surface area contributed by atoms with Crippen molar-refractivity contribution in [3.63, 3.8) is 0 Å². The standard InChI is InChI=1S/C11H25N5O2/c1-3-6-13-10(17)5-8-15-11(16-12)14-7-4-9-18-2/h3-9,12H2,1-2H3,(H,13,17)(H2,14,15,16). The fourth-order valence-electron chi connectivity index (χ4n) is 1.20. The highest BCUT2D eigenvalue weighted by molar-refractivity contribution is 5.80. The van der Waals surface area contributed by atoms with Crippen molar-refractivity contribution in [2.45, 2.75) is 26.2 Å². The van der Waals surface area contributed by atoms with Crippen LogP contribution in [0.25, 0.3) is 0 Å². The molecule has 18 heavy (non-hydrogen) atoms. The van der Waals surface area contributed by atoms with Gasteiger partial charge in [0.15, 0.2) is 0 Å². The summed E-state index contributed by atoms with van der Waals surface area (Å²) < 4.78 is 4.91. The van der Waals surface area contributed by atoms with Gasteiger partial charge in [0.25, 0.3) is 0 Å². The van der Waals surface area contributed by atoms with E-state index in [0.29, 0.717) is 38.6 Å². The third kappa shape index (κ3) is 9.86. The fourth-order valence-corrected chi connectivity index (χ4v) is 1.20. The van der Waals surface area contributed by atoms with E-state index in [0.717, 1.165) is 12.8 Å². The lowest BCUT2D eigenvalue weighted by atomic mass is 10.4. The second-order valence-electron chi connectivity index (χ2n) is 3.75. The zero-order chi connectivity index (χ0) is 13.6. The third-order valence-corrected chi connectivity index (χ3v) is 2.13. The molecule has 106 valence electrons. The average Bonchev–Trinajstić information content (AvgIpc) is 2.39. The zero-order valence-electron chi connectivity index (χ0n) is 11.3. The Hall–Kier alpha value is -1.34. The van der Waals surface area contributed by atoms with Gasteiger partial charge >= 0.3 is 0 Å². The van der Waals surface area contributed by atoms with Crippen molar-refractivity contribution in [2.75, 3.05) is 33.4 Å². The molecule has 0 saturated heterocycles. The third-order valence-electron chi connectivity index (χ3n) is 2.13. The number of amides is 1. The Morgan fingerprint density at radius 1 is 1.33 bits per heavy atom. The quantitative estimate of drug-likeness (QED) is 0.145. The molecule has 7 heteroatoms. The number of rotatable bonds is 9. The summed E-state index contributed by atoms with van der Waals surface area (Å²) >= 11 is 0. The molecule has 1 amide bonds. The smallest absolute Gasteiger partial charge is 0.221 e. The van der Waals surface area contributed by atoms with Gasteiger partial charge in [0.2, 0.25) is 11.9 Å². The summed E-state index contributed by atoms with van der Waals surface area (Å²) in [5.41, 5.74) is 2.46. The van der Waals surface area contributed by atoms with E-state index in [2.05, 4.69) is 21.1 Å². The predicted octanol–water partition coefficient (Wildman–Crippen LogP) is -0.652. The van der Waals surface area contributed by atoms with Crippen LogP contribution in [0.15, 0.2) is 4.99 Å². The maximum atomic E-state index is 11.3. The molecular formula is C11H25N5O2. The Bertz CT molecular complexity index is 246. The summed E-state index contributed by atoms with van der Waals surface area (Å²) in [6.45, 7) is 4.53. The van der Waals surface area contributed by atoms with E-state index in [1.165, 1.54) is 0 Å². The molecule has 5 N–H and O–H groups in total. The van der Waals surface area contributed by atoms with Gasteiger partial charge in [-0.1, -0.05) is 6.92 Å². The second-order valence-corrected chi connectivity index (χ2v) is 3.75. The number of nitrogens with one attached hydrogen (secondary N) is 3. The van der Waals surface area contributed by atoms with E-state index < -0.39 is 0 Å². The molecule has 0 aliphatic heterocycles. The van der Waals surface area contributed by atoms with Gasteiger partial charge in [-0.25, -0.2) is 5.84 Å². The van der Waals surface area contributed by atoms with E-state index >= 15 is 0 Å². The van der Waals surface area contributed by atoms with Gasteiger partial charge < -0.3 is 15.4 Å². The first-order chi connectivity index (χ1) is 8.74. The minimum atomic E-state index is 0.0279. The number of methoxy groups -OCH3 is 1. The largest absolute Gasteiger partial charge is 0.385 e. The minimum Gasteiger partial charge on any atom is -0.385 e. The van der Waals surface area contributed by atoms with E-state index in [-0.39, 0.29) is 5.91 Å². The van der Waals surface area contributed by atoms with Crippen molar-refractivity contribution >= 4 is 11.9 Å². The predicted molar refractivity (Wildman–Crippen MR) is 72.0 cm³/mol. The summed E-state index contributed by atoms with van der Waals surface area (Å²) in [5, 5.41) is 5.76. The van der Waals surface area contributed by atoms with E-state index in [4.69, 9.17) is 10.6 Å². The van der Waals surface area contributed by atoms with Gasteiger partial charge in [-0.05, 0) is 12.8 Å². The molecular weight excluding hydrogens is 234 g/mol. The highest BCUT2D eigenvalue weighted by Crippen LogP contribution is 1.83. The van der Waals surface area contributed by atoms with Crippen LogP contribution in [-0.4, -0.2) is 45.2 Å². The lowest BCUT2D eigenvalue weighted by Crippen LogP contribution is -2.43. The van der Waals surface area contributed by atoms with E-state index in [1.54, 1.807) is 7.11 Å². The number of guanidine groups is 1. The van der Waals surface area contributed by atoms with Crippen molar-refractivity contribution in [2.24, 2.45) is 10.8 Å². The summed E-state index contributed by atoms with van der Waals surface area (Å²) in [6, 6.07) is 0. The molecule has 0 radical (unpaired) electrons. The van der Waals surface area contributed by atoms with Crippen LogP contribution in [0, 0.1) is 0 Å². The molecule has 0 saturated carbocycles. The highest BCUT2D eigenvalue weighted by Gasteiger charge is 2.00. The minimum absolute atomic E-state index is 0.0279. The van der Waals surface area contributed by atoms with Crippen molar-refractivity contribution in [1.82, 2.24) is 16.1 Å². The van der Waals surface area contributed by atoms with Crippen LogP contribution < -0.4 is 21.9 Å². The van der Waals surface area contributed by atoms with Crippen LogP contribution in [0.3, 0.4) is 0 Å². The van der Waals surface area contributed by atoms with Gasteiger partial charge in [0, 0.05) is 39.8 Å². The van der Waals surface area contributed by atoms with Crippen molar-refractivity contribution in [1.29, 1.82) is 0 Å². The van der Waals surface area contributed by atoms with Crippen LogP contribution in [0.5, 0.6) is 0 Å². The van der Waals surface area contributed by atoms with Crippen LogP contribution in [0.2, 0.25) is 0 Å². The first-order valence-corrected chi connectivity index (χ1v) is 6.25. The number of aliphatic imine (C=N–C) groups is 1. The first-order valence-electron chi connectivity index (χ1n) is 6.25. The molecule has 0 aromatic rings. The molecule has 0 heterocycles. The summed E-state index contributed by atoms with van der Waals surface area (Å²) in [5.74, 6) is 5.83. The Morgan fingerprint density at radius 2 is 2.11 bits per heavy atom. The number of hydrazine groups is 1. The molecule has 0 aromatic heterocycles. The Morgan fingerprint density at radius 3 is 2.72 bits per heavy atom. The maximum Gasteiger partial charge on any atom is 0.221 e. The molecule has 0 spiro atoms. The van der Waals surface area contributed by atoms with Crippen LogP contribution >= 0.6 is 0 Å². The Balaban J connectivity index is 3.69. The van der Waals surface area contributed by atoms with Gasteiger partial charge in [0.05, 0.1) is 0 Å². The number of nitrogens with two attached hydrogens (primary N) is 1. The molecule has 0 aromatic carbocycles. The molecule has 0 aliphatic rings. The number of ether oxygens (including phenoxy) is 1. The van der Waals surface area contributed by atoms with Crippen molar-refractivity contribution < 1.29 is 9.53 Å². The van der Waals surface area contributed by atoms with Gasteiger partial charge in [0.1, 0.15) is 0 Å². The summed E-state index contributed by atoms with van der Waals surface area (Å²) in [6.07, 6.45) is 2.18. The fraction of sp³-hybridized carbons (Fsp3) is 0.818. The molecule has 0 atom stereocenters. The van der Waals surface area contributed by atoms with Gasteiger partial charge in [-0.2, -0.15) is 0 Å². The van der Waals surface area contributed by atoms with Crippen molar-refractivity contribution in [3.8, 4) is 0 Å². The number of hydrogen-bond donors (Lipinski definition) is 4. The lowest BCUT2D eigenvalue weighted by molar-refractivity contribution is -0.120. The Kier molecular flexibility index (Phi) is 11.2. The SMILES string of the molecule is CCCNC(=O)CCNC(=NCCCOC)NN. The topological polar surface area (TPSA) is 101 Å². The molecule has 0 fully saturated rings. The number of nitrogens with zero attached hydrogens (tertiary/aromatic N) is 1. The normalized spacial score (nSPS) is 11.2. The molecule has 7 nitrogen and oxygen atoms in total. The first kappa shape index (κ1) is 16.7. The average molecular weight is 259 g/mol. The second kappa shape index (κ2) is 12.1. The zero-order valence-corrected chi connectivity index (χ0v) is 11.3. The maximum absolute atomic E-state index is 11.3. The molecule has 0 unspecified atom stereocenters. The highest BCUT2D eigenvalue weighted by atomic mass is 16.5. The number of carbonyl (C=O) groups excluding carboxylic acids is 1. The van der Waals surface area contributed by atoms with Crippen molar-refractivity contribution in [3.05, 3.63) is 0 Å². The molecule has 0 aliphatic carbocycles. The van der Waals surface area contributed by atoms with Gasteiger partial charge in [-0.15, -0.1) is 0 Å². The van der Waals surface area contributed by atoms with Crippen LogP contribution in [0.1, 0.15) is 26.2 Å². The monoisotopic (exact) mass is 259 g/mol. The molecule has 0 bridgehead atoms. The number of hydrogen-bond acceptors (Lipinski definition) is 4. The number of carbonyl (C=O) groups is 1. The molecule has 0 rings (SSSR count).